The molecule has 1 aromatic rings. The Bertz CT molecular complexity index is 560. The second-order valence-corrected chi connectivity index (χ2v) is 6.05. The number of aliphatic carboxylic acids is 1. The Morgan fingerprint density at radius 2 is 1.79 bits per heavy atom. The van der Waals surface area contributed by atoms with Crippen LogP contribution in [0.3, 0.4) is 0 Å². The summed E-state index contributed by atoms with van der Waals surface area (Å²) in [6.45, 7) is -0.163. The molecular weight excluding hydrogens is 310 g/mol. The number of carboxylic acid groups (broad SMARTS) is 1. The number of carbonyl (C=O) groups excluding carboxylic acids is 1. The predicted molar refractivity (Wildman–Crippen MR) is 89.2 cm³/mol. The van der Waals surface area contributed by atoms with Crippen LogP contribution < -0.4 is 14.8 Å². The van der Waals surface area contributed by atoms with Crippen molar-refractivity contribution in [3.8, 4) is 11.5 Å². The zero-order chi connectivity index (χ0) is 17.4. The van der Waals surface area contributed by atoms with E-state index in [1.165, 1.54) is 7.11 Å². The minimum Gasteiger partial charge on any atom is -0.493 e. The lowest BCUT2D eigenvalue weighted by Gasteiger charge is -2.27. The van der Waals surface area contributed by atoms with Crippen LogP contribution in [0.2, 0.25) is 0 Å². The Balaban J connectivity index is 1.92. The second kappa shape index (κ2) is 9.15. The van der Waals surface area contributed by atoms with Crippen LogP contribution in [0.4, 0.5) is 0 Å². The van der Waals surface area contributed by atoms with Crippen molar-refractivity contribution in [1.29, 1.82) is 0 Å². The van der Waals surface area contributed by atoms with Crippen LogP contribution in [0.15, 0.2) is 24.3 Å². The molecule has 1 amide bonds. The Morgan fingerprint density at radius 1 is 1.12 bits per heavy atom. The van der Waals surface area contributed by atoms with Gasteiger partial charge in [-0.1, -0.05) is 37.8 Å². The summed E-state index contributed by atoms with van der Waals surface area (Å²) in [5.41, 5.74) is 0. The monoisotopic (exact) mass is 335 g/mol. The van der Waals surface area contributed by atoms with Gasteiger partial charge in [0.05, 0.1) is 13.0 Å². The van der Waals surface area contributed by atoms with Gasteiger partial charge >= 0.3 is 5.97 Å². The molecule has 2 N–H and O–H groups in total. The van der Waals surface area contributed by atoms with Gasteiger partial charge in [-0.15, -0.1) is 0 Å². The molecule has 0 aromatic heterocycles. The van der Waals surface area contributed by atoms with Crippen molar-refractivity contribution in [2.75, 3.05) is 13.7 Å². The molecule has 1 aliphatic carbocycles. The van der Waals surface area contributed by atoms with Crippen molar-refractivity contribution in [1.82, 2.24) is 5.32 Å². The van der Waals surface area contributed by atoms with E-state index in [4.69, 9.17) is 9.47 Å². The molecule has 24 heavy (non-hydrogen) atoms. The summed E-state index contributed by atoms with van der Waals surface area (Å²) in [4.78, 5) is 23.7. The lowest BCUT2D eigenvalue weighted by Crippen LogP contribution is -2.45. The summed E-state index contributed by atoms with van der Waals surface area (Å²) in [6, 6.07) is 6.75. The minimum absolute atomic E-state index is 0.163. The van der Waals surface area contributed by atoms with Crippen molar-refractivity contribution < 1.29 is 24.2 Å². The number of para-hydroxylation sites is 2. The molecule has 2 rings (SSSR count). The molecule has 1 fully saturated rings. The first-order chi connectivity index (χ1) is 11.6. The van der Waals surface area contributed by atoms with Crippen LogP contribution in [0.25, 0.3) is 0 Å². The first-order valence-corrected chi connectivity index (χ1v) is 8.40. The Kier molecular flexibility index (Phi) is 6.90. The van der Waals surface area contributed by atoms with Crippen LogP contribution in [0, 0.1) is 5.92 Å². The van der Waals surface area contributed by atoms with E-state index in [0.29, 0.717) is 24.3 Å². The molecule has 0 aliphatic heterocycles. The van der Waals surface area contributed by atoms with E-state index >= 15 is 0 Å². The predicted octanol–water partition coefficient (Wildman–Crippen LogP) is 2.61. The average Bonchev–Trinajstić information content (AvgIpc) is 2.55. The fourth-order valence-electron chi connectivity index (χ4n) is 3.08. The number of methoxy groups -OCH3 is 1. The molecular formula is C18H25NO5. The van der Waals surface area contributed by atoms with Gasteiger partial charge in [0.1, 0.15) is 0 Å². The van der Waals surface area contributed by atoms with Crippen molar-refractivity contribution in [3.05, 3.63) is 24.3 Å². The largest absolute Gasteiger partial charge is 0.493 e. The second-order valence-electron chi connectivity index (χ2n) is 6.05. The number of amides is 1. The van der Waals surface area contributed by atoms with E-state index in [2.05, 4.69) is 5.32 Å². The van der Waals surface area contributed by atoms with Crippen molar-refractivity contribution in [2.45, 2.75) is 44.6 Å². The number of benzene rings is 1. The van der Waals surface area contributed by atoms with E-state index in [1.54, 1.807) is 18.2 Å². The fourth-order valence-corrected chi connectivity index (χ4v) is 3.08. The Morgan fingerprint density at radius 3 is 2.46 bits per heavy atom. The third kappa shape index (κ3) is 5.15. The molecule has 0 bridgehead atoms. The van der Waals surface area contributed by atoms with Crippen LogP contribution in [-0.4, -0.2) is 36.7 Å². The highest BCUT2D eigenvalue weighted by Gasteiger charge is 2.29. The highest BCUT2D eigenvalue weighted by Crippen LogP contribution is 2.26. The van der Waals surface area contributed by atoms with E-state index in [0.717, 1.165) is 25.7 Å². The van der Waals surface area contributed by atoms with Crippen LogP contribution >= 0.6 is 0 Å². The molecule has 0 heterocycles. The Hall–Kier alpha value is -2.24. The molecule has 6 nitrogen and oxygen atoms in total. The highest BCUT2D eigenvalue weighted by molar-refractivity contribution is 5.79. The molecule has 0 radical (unpaired) electrons. The van der Waals surface area contributed by atoms with Gasteiger partial charge in [0.2, 0.25) is 0 Å². The van der Waals surface area contributed by atoms with Gasteiger partial charge < -0.3 is 19.9 Å². The molecule has 2 atom stereocenters. The first-order valence-electron chi connectivity index (χ1n) is 8.40. The van der Waals surface area contributed by atoms with Crippen molar-refractivity contribution >= 4 is 11.9 Å². The van der Waals surface area contributed by atoms with Crippen LogP contribution in [0.1, 0.15) is 38.5 Å². The topological polar surface area (TPSA) is 84.9 Å². The molecule has 6 heteroatoms. The summed E-state index contributed by atoms with van der Waals surface area (Å²) in [5.74, 6) is -0.631. The molecule has 1 saturated carbocycles. The lowest BCUT2D eigenvalue weighted by molar-refractivity contribution is -0.143. The number of carbonyl (C=O) groups is 2. The standard InChI is InChI=1S/C18H25NO5/c1-23-15-10-6-7-11-16(15)24-12-17(20)19-14-9-5-3-2-4-8-13(14)18(21)22/h6-7,10-11,13-14H,2-5,8-9,12H2,1H3,(H,19,20)(H,21,22). The van der Waals surface area contributed by atoms with E-state index in [-0.39, 0.29) is 18.6 Å². The molecule has 132 valence electrons. The number of nitrogens with one attached hydrogen (secondary N) is 1. The van der Waals surface area contributed by atoms with Crippen molar-refractivity contribution in [2.24, 2.45) is 5.92 Å². The van der Waals surface area contributed by atoms with Gasteiger partial charge in [-0.05, 0) is 25.0 Å². The molecule has 0 spiro atoms. The third-order valence-electron chi connectivity index (χ3n) is 4.36. The third-order valence-corrected chi connectivity index (χ3v) is 4.36. The zero-order valence-corrected chi connectivity index (χ0v) is 14.0. The molecule has 0 saturated heterocycles. The van der Waals surface area contributed by atoms with Gasteiger partial charge in [-0.3, -0.25) is 9.59 Å². The first kappa shape index (κ1) is 18.1. The number of hydrogen-bond donors (Lipinski definition) is 2. The summed E-state index contributed by atoms with van der Waals surface area (Å²) in [7, 11) is 1.54. The van der Waals surface area contributed by atoms with E-state index in [1.807, 2.05) is 6.07 Å². The van der Waals surface area contributed by atoms with Gasteiger partial charge in [0, 0.05) is 6.04 Å². The normalized spacial score (nSPS) is 21.2. The number of rotatable bonds is 6. The van der Waals surface area contributed by atoms with Gasteiger partial charge in [-0.25, -0.2) is 0 Å². The minimum atomic E-state index is -0.840. The molecule has 2 unspecified atom stereocenters. The smallest absolute Gasteiger partial charge is 0.308 e. The molecule has 1 aromatic carbocycles. The van der Waals surface area contributed by atoms with Gasteiger partial charge in [0.15, 0.2) is 18.1 Å². The lowest BCUT2D eigenvalue weighted by atomic mass is 9.87. The molecule has 1 aliphatic rings. The van der Waals surface area contributed by atoms with Crippen molar-refractivity contribution in [3.63, 3.8) is 0 Å². The maximum Gasteiger partial charge on any atom is 0.308 e. The summed E-state index contributed by atoms with van der Waals surface area (Å²) in [5, 5.41) is 12.3. The maximum atomic E-state index is 12.2. The Labute approximate surface area is 142 Å². The SMILES string of the molecule is COc1ccccc1OCC(=O)NC1CCCCCCC1C(=O)O. The number of hydrogen-bond acceptors (Lipinski definition) is 4. The van der Waals surface area contributed by atoms with Gasteiger partial charge in [0.25, 0.3) is 5.91 Å². The zero-order valence-electron chi connectivity index (χ0n) is 14.0. The summed E-state index contributed by atoms with van der Waals surface area (Å²) in [6.07, 6.45) is 5.26. The van der Waals surface area contributed by atoms with Gasteiger partial charge in [-0.2, -0.15) is 0 Å². The number of ether oxygens (including phenoxy) is 2. The van der Waals surface area contributed by atoms with E-state index in [9.17, 15) is 14.7 Å². The highest BCUT2D eigenvalue weighted by atomic mass is 16.5. The fraction of sp³-hybridized carbons (Fsp3) is 0.556. The van der Waals surface area contributed by atoms with Crippen LogP contribution in [0.5, 0.6) is 11.5 Å². The average molecular weight is 335 g/mol. The summed E-state index contributed by atoms with van der Waals surface area (Å²) < 4.78 is 10.7. The maximum absolute atomic E-state index is 12.2. The summed E-state index contributed by atoms with van der Waals surface area (Å²) >= 11 is 0. The number of carboxylic acids is 1. The quantitative estimate of drug-likeness (QED) is 0.835. The van der Waals surface area contributed by atoms with Crippen LogP contribution in [-0.2, 0) is 9.59 Å². The van der Waals surface area contributed by atoms with E-state index < -0.39 is 11.9 Å².